The van der Waals surface area contributed by atoms with E-state index in [9.17, 15) is 4.79 Å². The molecule has 0 spiro atoms. The van der Waals surface area contributed by atoms with Gasteiger partial charge in [-0.15, -0.1) is 0 Å². The lowest BCUT2D eigenvalue weighted by Crippen LogP contribution is -2.13. The molecule has 0 bridgehead atoms. The van der Waals surface area contributed by atoms with Crippen molar-refractivity contribution in [3.8, 4) is 5.75 Å². The van der Waals surface area contributed by atoms with Gasteiger partial charge in [0.1, 0.15) is 11.6 Å². The van der Waals surface area contributed by atoms with Gasteiger partial charge in [0.05, 0.1) is 24.1 Å². The highest BCUT2D eigenvalue weighted by Gasteiger charge is 2.06. The van der Waals surface area contributed by atoms with Crippen molar-refractivity contribution in [2.24, 2.45) is 0 Å². The molecule has 0 aliphatic rings. The van der Waals surface area contributed by atoms with Crippen LogP contribution in [0.15, 0.2) is 67.1 Å². The normalized spacial score (nSPS) is 10.1. The van der Waals surface area contributed by atoms with Gasteiger partial charge >= 0.3 is 0 Å². The Balaban J connectivity index is 1.61. The quantitative estimate of drug-likeness (QED) is 0.715. The number of hydrogen-bond acceptors (Lipinski definition) is 5. The number of benzene rings is 1. The van der Waals surface area contributed by atoms with E-state index < -0.39 is 0 Å². The maximum absolute atomic E-state index is 12.1. The second kappa shape index (κ2) is 7.92. The third-order valence-corrected chi connectivity index (χ3v) is 3.38. The molecule has 2 heterocycles. The molecule has 6 nitrogen and oxygen atoms in total. The minimum Gasteiger partial charge on any atom is -0.494 e. The summed E-state index contributed by atoms with van der Waals surface area (Å²) in [4.78, 5) is 20.2. The highest BCUT2D eigenvalue weighted by molar-refractivity contribution is 6.03. The van der Waals surface area contributed by atoms with Crippen molar-refractivity contribution < 1.29 is 9.53 Å². The molecule has 1 amide bonds. The van der Waals surface area contributed by atoms with E-state index in [0.717, 1.165) is 17.1 Å². The minimum absolute atomic E-state index is 0.243. The lowest BCUT2D eigenvalue weighted by molar-refractivity contribution is 0.102. The van der Waals surface area contributed by atoms with Crippen molar-refractivity contribution in [3.05, 3.63) is 72.7 Å². The highest BCUT2D eigenvalue weighted by atomic mass is 16.5. The van der Waals surface area contributed by atoms with Crippen molar-refractivity contribution in [3.63, 3.8) is 0 Å². The van der Waals surface area contributed by atoms with E-state index in [1.165, 1.54) is 6.20 Å². The van der Waals surface area contributed by atoms with Crippen molar-refractivity contribution in [2.45, 2.75) is 6.92 Å². The number of anilines is 3. The smallest absolute Gasteiger partial charge is 0.258 e. The molecule has 6 heteroatoms. The Morgan fingerprint density at radius 2 is 1.84 bits per heavy atom. The van der Waals surface area contributed by atoms with Crippen molar-refractivity contribution in [1.82, 2.24) is 9.97 Å². The molecule has 0 aliphatic carbocycles. The molecular weight excluding hydrogens is 316 g/mol. The SMILES string of the molecule is CCOc1ccc(Nc2ccc(NC(=O)c3cccnc3)nc2)cc1. The first kappa shape index (κ1) is 16.4. The molecule has 0 unspecified atom stereocenters. The monoisotopic (exact) mass is 334 g/mol. The molecule has 2 aromatic heterocycles. The van der Waals surface area contributed by atoms with Crippen LogP contribution < -0.4 is 15.4 Å². The van der Waals surface area contributed by atoms with Crippen LogP contribution in [0.1, 0.15) is 17.3 Å². The fourth-order valence-corrected chi connectivity index (χ4v) is 2.20. The molecular formula is C19H18N4O2. The van der Waals surface area contributed by atoms with Gasteiger partial charge in [-0.05, 0) is 55.5 Å². The van der Waals surface area contributed by atoms with Crippen LogP contribution in [0.3, 0.4) is 0 Å². The van der Waals surface area contributed by atoms with Gasteiger partial charge in [-0.3, -0.25) is 9.78 Å². The Hall–Kier alpha value is -3.41. The molecule has 0 aliphatic heterocycles. The van der Waals surface area contributed by atoms with Crippen molar-refractivity contribution >= 4 is 23.1 Å². The van der Waals surface area contributed by atoms with Gasteiger partial charge in [0.2, 0.25) is 0 Å². The van der Waals surface area contributed by atoms with Crippen LogP contribution in [-0.2, 0) is 0 Å². The van der Waals surface area contributed by atoms with E-state index in [1.807, 2.05) is 37.3 Å². The summed E-state index contributed by atoms with van der Waals surface area (Å²) in [5.41, 5.74) is 2.24. The Morgan fingerprint density at radius 3 is 2.48 bits per heavy atom. The predicted molar refractivity (Wildman–Crippen MR) is 97.3 cm³/mol. The van der Waals surface area contributed by atoms with Gasteiger partial charge in [0.15, 0.2) is 0 Å². The standard InChI is InChI=1S/C19H18N4O2/c1-2-25-17-8-5-15(6-9-17)22-16-7-10-18(21-13-16)23-19(24)14-4-3-11-20-12-14/h3-13,22H,2H2,1H3,(H,21,23,24). The number of carbonyl (C=O) groups is 1. The second-order valence-electron chi connectivity index (χ2n) is 5.21. The van der Waals surface area contributed by atoms with Crippen molar-refractivity contribution in [1.29, 1.82) is 0 Å². The third kappa shape index (κ3) is 4.54. The molecule has 0 atom stereocenters. The molecule has 0 fully saturated rings. The summed E-state index contributed by atoms with van der Waals surface area (Å²) < 4.78 is 5.42. The average molecular weight is 334 g/mol. The fourth-order valence-electron chi connectivity index (χ4n) is 2.20. The number of nitrogens with one attached hydrogen (secondary N) is 2. The number of rotatable bonds is 6. The second-order valence-corrected chi connectivity index (χ2v) is 5.21. The average Bonchev–Trinajstić information content (AvgIpc) is 2.66. The van der Waals surface area contributed by atoms with Gasteiger partial charge in [0.25, 0.3) is 5.91 Å². The highest BCUT2D eigenvalue weighted by Crippen LogP contribution is 2.20. The zero-order chi connectivity index (χ0) is 17.5. The number of ether oxygens (including phenoxy) is 1. The van der Waals surface area contributed by atoms with Gasteiger partial charge in [0, 0.05) is 18.1 Å². The van der Waals surface area contributed by atoms with Crippen molar-refractivity contribution in [2.75, 3.05) is 17.2 Å². The molecule has 3 rings (SSSR count). The van der Waals surface area contributed by atoms with E-state index in [-0.39, 0.29) is 5.91 Å². The summed E-state index contributed by atoms with van der Waals surface area (Å²) in [5, 5.41) is 5.98. The summed E-state index contributed by atoms with van der Waals surface area (Å²) in [6.07, 6.45) is 4.79. The summed E-state index contributed by atoms with van der Waals surface area (Å²) in [5.74, 6) is 1.07. The molecule has 2 N–H and O–H groups in total. The summed E-state index contributed by atoms with van der Waals surface area (Å²) in [6.45, 7) is 2.59. The summed E-state index contributed by atoms with van der Waals surface area (Å²) in [7, 11) is 0. The molecule has 0 saturated carbocycles. The third-order valence-electron chi connectivity index (χ3n) is 3.38. The zero-order valence-electron chi connectivity index (χ0n) is 13.8. The number of hydrogen-bond donors (Lipinski definition) is 2. The fraction of sp³-hybridized carbons (Fsp3) is 0.105. The van der Waals surface area contributed by atoms with E-state index >= 15 is 0 Å². The van der Waals surface area contributed by atoms with Gasteiger partial charge in [-0.2, -0.15) is 0 Å². The lowest BCUT2D eigenvalue weighted by Gasteiger charge is -2.09. The largest absolute Gasteiger partial charge is 0.494 e. The number of carbonyl (C=O) groups excluding carboxylic acids is 1. The van der Waals surface area contributed by atoms with E-state index in [4.69, 9.17) is 4.74 Å². The first-order chi connectivity index (χ1) is 12.2. The topological polar surface area (TPSA) is 76.1 Å². The molecule has 0 saturated heterocycles. The van der Waals surface area contributed by atoms with Gasteiger partial charge in [-0.1, -0.05) is 0 Å². The minimum atomic E-state index is -0.243. The van der Waals surface area contributed by atoms with E-state index in [1.54, 1.807) is 30.6 Å². The number of nitrogens with zero attached hydrogens (tertiary/aromatic N) is 2. The van der Waals surface area contributed by atoms with Gasteiger partial charge < -0.3 is 15.4 Å². The predicted octanol–water partition coefficient (Wildman–Crippen LogP) is 3.87. The Bertz CT molecular complexity index is 818. The van der Waals surface area contributed by atoms with Gasteiger partial charge in [-0.25, -0.2) is 4.98 Å². The maximum Gasteiger partial charge on any atom is 0.258 e. The van der Waals surface area contributed by atoms with Crippen LogP contribution in [0, 0.1) is 0 Å². The van der Waals surface area contributed by atoms with E-state index in [0.29, 0.717) is 18.0 Å². The lowest BCUT2D eigenvalue weighted by atomic mass is 10.2. The number of aromatic nitrogens is 2. The number of amides is 1. The first-order valence-corrected chi connectivity index (χ1v) is 7.92. The summed E-state index contributed by atoms with van der Waals surface area (Å²) >= 11 is 0. The Labute approximate surface area is 145 Å². The van der Waals surface area contributed by atoms with Crippen LogP contribution in [0.2, 0.25) is 0 Å². The number of pyridine rings is 2. The first-order valence-electron chi connectivity index (χ1n) is 7.92. The molecule has 1 aromatic carbocycles. The molecule has 25 heavy (non-hydrogen) atoms. The van der Waals surface area contributed by atoms with Crippen LogP contribution in [0.4, 0.5) is 17.2 Å². The van der Waals surface area contributed by atoms with Crippen LogP contribution >= 0.6 is 0 Å². The van der Waals surface area contributed by atoms with Crippen LogP contribution in [0.5, 0.6) is 5.75 Å². The Morgan fingerprint density at radius 1 is 1.04 bits per heavy atom. The van der Waals surface area contributed by atoms with Crippen LogP contribution in [-0.4, -0.2) is 22.5 Å². The maximum atomic E-state index is 12.1. The molecule has 0 radical (unpaired) electrons. The molecule has 126 valence electrons. The zero-order valence-corrected chi connectivity index (χ0v) is 13.8. The van der Waals surface area contributed by atoms with E-state index in [2.05, 4.69) is 20.6 Å². The Kier molecular flexibility index (Phi) is 5.21. The van der Waals surface area contributed by atoms with Crippen LogP contribution in [0.25, 0.3) is 0 Å². The molecule has 3 aromatic rings. The summed E-state index contributed by atoms with van der Waals surface area (Å²) in [6, 6.07) is 14.7.